The summed E-state index contributed by atoms with van der Waals surface area (Å²) < 4.78 is 66.1. The Balaban J connectivity index is 1.79. The number of hydrogen-bond donors (Lipinski definition) is 1. The van der Waals surface area contributed by atoms with E-state index in [1.54, 1.807) is 7.05 Å². The number of alkyl halides is 3. The van der Waals surface area contributed by atoms with Gasteiger partial charge < -0.3 is 15.0 Å². The van der Waals surface area contributed by atoms with Crippen molar-refractivity contribution in [3.05, 3.63) is 0 Å². The smallest absolute Gasteiger partial charge is 0.469 e. The largest absolute Gasteiger partial charge is 0.511 e. The van der Waals surface area contributed by atoms with Crippen LogP contribution in [0.4, 0.5) is 13.2 Å². The third-order valence-corrected chi connectivity index (χ3v) is 6.93. The number of carbonyl (C=O) groups excluding carboxylic acids is 1. The molecule has 0 amide bonds. The number of methoxy groups -OCH3 is 1. The second-order valence-electron chi connectivity index (χ2n) is 7.01. The molecule has 28 heavy (non-hydrogen) atoms. The first-order valence-electron chi connectivity index (χ1n) is 9.20. The van der Waals surface area contributed by atoms with Crippen molar-refractivity contribution in [3.8, 4) is 0 Å². The molecule has 0 unspecified atom stereocenters. The van der Waals surface area contributed by atoms with Gasteiger partial charge in [0, 0.05) is 39.8 Å². The van der Waals surface area contributed by atoms with Crippen LogP contribution in [0.25, 0.3) is 0 Å². The van der Waals surface area contributed by atoms with E-state index < -0.39 is 15.5 Å². The first-order chi connectivity index (χ1) is 13.1. The molecule has 2 heterocycles. The van der Waals surface area contributed by atoms with Crippen molar-refractivity contribution >= 4 is 22.0 Å². The summed E-state index contributed by atoms with van der Waals surface area (Å²) in [5.74, 6) is 0.417. The summed E-state index contributed by atoms with van der Waals surface area (Å²) in [4.78, 5) is 17.9. The van der Waals surface area contributed by atoms with Crippen LogP contribution in [0.3, 0.4) is 0 Å². The van der Waals surface area contributed by atoms with Gasteiger partial charge in [-0.15, -0.1) is 0 Å². The molecule has 162 valence electrons. The van der Waals surface area contributed by atoms with Crippen LogP contribution >= 0.6 is 0 Å². The number of nitrogens with one attached hydrogen (secondary N) is 1. The van der Waals surface area contributed by atoms with Gasteiger partial charge in [0.1, 0.15) is 0 Å². The maximum Gasteiger partial charge on any atom is 0.511 e. The van der Waals surface area contributed by atoms with Gasteiger partial charge in [-0.25, -0.2) is 8.42 Å². The third-order valence-electron chi connectivity index (χ3n) is 5.30. The lowest BCUT2D eigenvalue weighted by Gasteiger charge is -2.35. The van der Waals surface area contributed by atoms with Gasteiger partial charge in [0.15, 0.2) is 5.96 Å². The summed E-state index contributed by atoms with van der Waals surface area (Å²) in [5, 5.41) is 3.22. The van der Waals surface area contributed by atoms with E-state index in [0.717, 1.165) is 0 Å². The number of carbonyl (C=O) groups is 1. The Morgan fingerprint density at radius 2 is 1.71 bits per heavy atom. The van der Waals surface area contributed by atoms with E-state index >= 15 is 0 Å². The number of esters is 1. The molecule has 0 saturated carbocycles. The minimum Gasteiger partial charge on any atom is -0.469 e. The molecule has 0 radical (unpaired) electrons. The van der Waals surface area contributed by atoms with Crippen LogP contribution in [0.5, 0.6) is 0 Å². The number of ether oxygens (including phenoxy) is 1. The molecular weight excluding hydrogens is 401 g/mol. The van der Waals surface area contributed by atoms with Gasteiger partial charge in [-0.1, -0.05) is 0 Å². The highest BCUT2D eigenvalue weighted by molar-refractivity contribution is 7.90. The van der Waals surface area contributed by atoms with Crippen molar-refractivity contribution in [3.63, 3.8) is 0 Å². The average molecular weight is 428 g/mol. The number of hydrogen-bond acceptors (Lipinski definition) is 5. The summed E-state index contributed by atoms with van der Waals surface area (Å²) in [6.07, 6.45) is 2.04. The lowest BCUT2D eigenvalue weighted by atomic mass is 9.97. The SMILES string of the molecule is CN=C(NCC1CCN(S(=O)(=O)C(F)(F)F)CC1)N1CCC(C(=O)OC)CC1. The van der Waals surface area contributed by atoms with Crippen molar-refractivity contribution in [1.82, 2.24) is 14.5 Å². The van der Waals surface area contributed by atoms with E-state index in [0.29, 0.717) is 55.6 Å². The summed E-state index contributed by atoms with van der Waals surface area (Å²) in [7, 11) is -2.23. The van der Waals surface area contributed by atoms with E-state index in [2.05, 4.69) is 10.3 Å². The van der Waals surface area contributed by atoms with Crippen molar-refractivity contribution in [1.29, 1.82) is 0 Å². The Kier molecular flexibility index (Phi) is 7.54. The number of piperidine rings is 2. The molecular formula is C16H27F3N4O4S. The maximum absolute atomic E-state index is 12.6. The molecule has 0 aromatic rings. The Morgan fingerprint density at radius 3 is 2.18 bits per heavy atom. The van der Waals surface area contributed by atoms with Crippen LogP contribution in [0.15, 0.2) is 4.99 Å². The van der Waals surface area contributed by atoms with Gasteiger partial charge >= 0.3 is 21.5 Å². The van der Waals surface area contributed by atoms with Gasteiger partial charge in [0.05, 0.1) is 13.0 Å². The second-order valence-corrected chi connectivity index (χ2v) is 8.94. The number of guanidine groups is 1. The number of likely N-dealkylation sites (tertiary alicyclic amines) is 1. The highest BCUT2D eigenvalue weighted by Crippen LogP contribution is 2.30. The van der Waals surface area contributed by atoms with Gasteiger partial charge in [0.25, 0.3) is 0 Å². The molecule has 0 aromatic carbocycles. The van der Waals surface area contributed by atoms with Crippen molar-refractivity contribution in [2.45, 2.75) is 31.2 Å². The van der Waals surface area contributed by atoms with Gasteiger partial charge in [0.2, 0.25) is 0 Å². The monoisotopic (exact) mass is 428 g/mol. The molecule has 2 rings (SSSR count). The summed E-state index contributed by atoms with van der Waals surface area (Å²) in [6, 6.07) is 0. The van der Waals surface area contributed by atoms with Crippen molar-refractivity contribution < 1.29 is 31.1 Å². The molecule has 0 aromatic heterocycles. The van der Waals surface area contributed by atoms with E-state index in [9.17, 15) is 26.4 Å². The summed E-state index contributed by atoms with van der Waals surface area (Å²) >= 11 is 0. The van der Waals surface area contributed by atoms with Crippen LogP contribution in [-0.2, 0) is 19.6 Å². The first kappa shape index (κ1) is 22.7. The van der Waals surface area contributed by atoms with Crippen LogP contribution in [0.2, 0.25) is 0 Å². The Hall–Kier alpha value is -1.56. The Bertz CT molecular complexity index is 668. The zero-order chi connectivity index (χ0) is 20.9. The van der Waals surface area contributed by atoms with Crippen LogP contribution < -0.4 is 5.32 Å². The molecule has 2 fully saturated rings. The van der Waals surface area contributed by atoms with Crippen LogP contribution in [0, 0.1) is 11.8 Å². The minimum absolute atomic E-state index is 0.0593. The number of halogens is 3. The quantitative estimate of drug-likeness (QED) is 0.408. The number of sulfonamides is 1. The molecule has 2 aliphatic rings. The number of rotatable bonds is 4. The van der Waals surface area contributed by atoms with Gasteiger partial charge in [-0.3, -0.25) is 9.79 Å². The van der Waals surface area contributed by atoms with E-state index in [1.165, 1.54) is 7.11 Å². The predicted octanol–water partition coefficient (Wildman–Crippen LogP) is 1.01. The fourth-order valence-electron chi connectivity index (χ4n) is 3.56. The molecule has 0 spiro atoms. The Morgan fingerprint density at radius 1 is 1.14 bits per heavy atom. The lowest BCUT2D eigenvalue weighted by Crippen LogP contribution is -2.49. The zero-order valence-electron chi connectivity index (χ0n) is 16.0. The van der Waals surface area contributed by atoms with Gasteiger partial charge in [-0.05, 0) is 31.6 Å². The van der Waals surface area contributed by atoms with E-state index in [4.69, 9.17) is 4.74 Å². The first-order valence-corrected chi connectivity index (χ1v) is 10.6. The molecule has 0 bridgehead atoms. The highest BCUT2D eigenvalue weighted by atomic mass is 32.2. The summed E-state index contributed by atoms with van der Waals surface area (Å²) in [6.45, 7) is 1.53. The van der Waals surface area contributed by atoms with E-state index in [1.807, 2.05) is 4.90 Å². The zero-order valence-corrected chi connectivity index (χ0v) is 16.9. The standard InChI is InChI=1S/C16H27F3N4O4S/c1-20-15(22-7-5-13(6-8-22)14(24)27-2)21-11-12-3-9-23(10-4-12)28(25,26)16(17,18)19/h12-13H,3-11H2,1-2H3,(H,20,21). The molecule has 2 saturated heterocycles. The third kappa shape index (κ3) is 5.28. The van der Waals surface area contributed by atoms with Crippen molar-refractivity contribution in [2.75, 3.05) is 46.9 Å². The van der Waals surface area contributed by atoms with Crippen LogP contribution in [-0.4, -0.2) is 81.9 Å². The van der Waals surface area contributed by atoms with E-state index in [-0.39, 0.29) is 30.9 Å². The molecule has 1 N–H and O–H groups in total. The lowest BCUT2D eigenvalue weighted by molar-refractivity contribution is -0.146. The molecule has 12 heteroatoms. The maximum atomic E-state index is 12.6. The average Bonchev–Trinajstić information content (AvgIpc) is 2.68. The number of aliphatic imine (C=N–C) groups is 1. The second kappa shape index (κ2) is 9.29. The summed E-state index contributed by atoms with van der Waals surface area (Å²) in [5.41, 5.74) is -5.25. The molecule has 8 nitrogen and oxygen atoms in total. The fourth-order valence-corrected chi connectivity index (χ4v) is 4.55. The van der Waals surface area contributed by atoms with Crippen LogP contribution in [0.1, 0.15) is 25.7 Å². The molecule has 0 atom stereocenters. The predicted molar refractivity (Wildman–Crippen MR) is 96.9 cm³/mol. The van der Waals surface area contributed by atoms with Gasteiger partial charge in [-0.2, -0.15) is 17.5 Å². The number of nitrogens with zero attached hydrogens (tertiary/aromatic N) is 3. The molecule has 0 aliphatic carbocycles. The minimum atomic E-state index is -5.25. The molecule has 2 aliphatic heterocycles. The Labute approximate surface area is 163 Å². The van der Waals surface area contributed by atoms with Crippen molar-refractivity contribution in [2.24, 2.45) is 16.8 Å². The highest BCUT2D eigenvalue weighted by Gasteiger charge is 2.50. The normalized spacial score (nSPS) is 21.6. The topological polar surface area (TPSA) is 91.3 Å². The fraction of sp³-hybridized carbons (Fsp3) is 0.875.